The number of rotatable bonds is 1. The zero-order chi connectivity index (χ0) is 9.14. The highest BCUT2D eigenvalue weighted by molar-refractivity contribution is 9.10. The van der Waals surface area contributed by atoms with Crippen molar-refractivity contribution in [2.75, 3.05) is 0 Å². The first-order valence-electron chi connectivity index (χ1n) is 3.43. The predicted molar refractivity (Wildman–Crippen MR) is 51.0 cm³/mol. The molecule has 62 valence electrons. The maximum absolute atomic E-state index is 8.70. The summed E-state index contributed by atoms with van der Waals surface area (Å²) in [7, 11) is 0. The van der Waals surface area contributed by atoms with E-state index in [1.165, 1.54) is 6.20 Å². The highest BCUT2D eigenvalue weighted by atomic mass is 79.9. The molecule has 1 rings (SSSR count). The molecular formula is C8H6BrClN2. The summed E-state index contributed by atoms with van der Waals surface area (Å²) in [6, 6.07) is 2.05. The maximum atomic E-state index is 8.70. The number of pyridine rings is 1. The summed E-state index contributed by atoms with van der Waals surface area (Å²) >= 11 is 9.11. The van der Waals surface area contributed by atoms with Crippen LogP contribution in [-0.4, -0.2) is 4.98 Å². The van der Waals surface area contributed by atoms with Crippen LogP contribution < -0.4 is 0 Å². The van der Waals surface area contributed by atoms with Crippen LogP contribution in [0.2, 0.25) is 5.02 Å². The van der Waals surface area contributed by atoms with Crippen molar-refractivity contribution in [3.63, 3.8) is 0 Å². The zero-order valence-electron chi connectivity index (χ0n) is 6.43. The van der Waals surface area contributed by atoms with Crippen LogP contribution in [0.1, 0.15) is 18.1 Å². The van der Waals surface area contributed by atoms with Crippen LogP contribution in [0.3, 0.4) is 0 Å². The Kier molecular flexibility index (Phi) is 3.07. The Bertz CT molecular complexity index is 344. The molecule has 0 spiro atoms. The topological polar surface area (TPSA) is 36.7 Å². The van der Waals surface area contributed by atoms with Crippen molar-refractivity contribution in [3.8, 4) is 6.07 Å². The van der Waals surface area contributed by atoms with Gasteiger partial charge in [0, 0.05) is 6.20 Å². The smallest absolute Gasteiger partial charge is 0.125 e. The molecule has 12 heavy (non-hydrogen) atoms. The lowest BCUT2D eigenvalue weighted by Crippen LogP contribution is -1.92. The Balaban J connectivity index is 3.38. The predicted octanol–water partition coefficient (Wildman–Crippen LogP) is 2.93. The molecule has 0 radical (unpaired) electrons. The SMILES string of the molecule is CCc1c(C#N)cnc(Br)c1Cl. The van der Waals surface area contributed by atoms with Gasteiger partial charge in [-0.2, -0.15) is 5.26 Å². The fourth-order valence-corrected chi connectivity index (χ4v) is 1.57. The van der Waals surface area contributed by atoms with E-state index < -0.39 is 0 Å². The average molecular weight is 246 g/mol. The average Bonchev–Trinajstić information content (AvgIpc) is 2.09. The minimum Gasteiger partial charge on any atom is -0.246 e. The first-order valence-corrected chi connectivity index (χ1v) is 4.60. The number of hydrogen-bond donors (Lipinski definition) is 0. The first kappa shape index (κ1) is 9.50. The molecule has 1 aromatic rings. The Labute approximate surface area is 84.3 Å². The molecule has 1 heterocycles. The Hall–Kier alpha value is -0.590. The van der Waals surface area contributed by atoms with Crippen molar-refractivity contribution in [2.24, 2.45) is 0 Å². The third kappa shape index (κ3) is 1.60. The molecule has 0 fully saturated rings. The van der Waals surface area contributed by atoms with Crippen LogP contribution in [0, 0.1) is 11.3 Å². The second-order valence-electron chi connectivity index (χ2n) is 2.22. The number of hydrogen-bond acceptors (Lipinski definition) is 2. The van der Waals surface area contributed by atoms with Crippen LogP contribution in [0.4, 0.5) is 0 Å². The second-order valence-corrected chi connectivity index (χ2v) is 3.35. The van der Waals surface area contributed by atoms with Crippen molar-refractivity contribution in [2.45, 2.75) is 13.3 Å². The molecule has 0 aromatic carbocycles. The van der Waals surface area contributed by atoms with Crippen molar-refractivity contribution in [1.29, 1.82) is 5.26 Å². The molecule has 0 bridgehead atoms. The molecule has 0 aliphatic carbocycles. The molecule has 0 aliphatic heterocycles. The lowest BCUT2D eigenvalue weighted by Gasteiger charge is -2.03. The molecular weight excluding hydrogens is 239 g/mol. The van der Waals surface area contributed by atoms with E-state index in [9.17, 15) is 0 Å². The normalized spacial score (nSPS) is 9.50. The molecule has 0 atom stereocenters. The van der Waals surface area contributed by atoms with Crippen molar-refractivity contribution >= 4 is 27.5 Å². The summed E-state index contributed by atoms with van der Waals surface area (Å²) in [5, 5.41) is 9.24. The fourth-order valence-electron chi connectivity index (χ4n) is 0.941. The molecule has 4 heteroatoms. The fraction of sp³-hybridized carbons (Fsp3) is 0.250. The van der Waals surface area contributed by atoms with Gasteiger partial charge in [-0.15, -0.1) is 0 Å². The molecule has 0 aliphatic rings. The minimum atomic E-state index is 0.538. The van der Waals surface area contributed by atoms with Gasteiger partial charge in [-0.25, -0.2) is 4.98 Å². The van der Waals surface area contributed by atoms with Crippen molar-refractivity contribution in [1.82, 2.24) is 4.98 Å². The van der Waals surface area contributed by atoms with E-state index >= 15 is 0 Å². The van der Waals surface area contributed by atoms with Gasteiger partial charge in [-0.1, -0.05) is 18.5 Å². The van der Waals surface area contributed by atoms with Crippen LogP contribution in [-0.2, 0) is 6.42 Å². The van der Waals surface area contributed by atoms with Crippen molar-refractivity contribution < 1.29 is 0 Å². The summed E-state index contributed by atoms with van der Waals surface area (Å²) in [6.07, 6.45) is 2.26. The highest BCUT2D eigenvalue weighted by Crippen LogP contribution is 2.26. The summed E-state index contributed by atoms with van der Waals surface area (Å²) in [5.74, 6) is 0. The van der Waals surface area contributed by atoms with E-state index in [1.807, 2.05) is 13.0 Å². The number of nitriles is 1. The monoisotopic (exact) mass is 244 g/mol. The van der Waals surface area contributed by atoms with Gasteiger partial charge in [0.2, 0.25) is 0 Å². The Morgan fingerprint density at radius 3 is 2.92 bits per heavy atom. The van der Waals surface area contributed by atoms with E-state index in [0.717, 1.165) is 12.0 Å². The molecule has 0 saturated carbocycles. The Morgan fingerprint density at radius 1 is 1.75 bits per heavy atom. The first-order chi connectivity index (χ1) is 5.70. The molecule has 0 unspecified atom stereocenters. The molecule has 0 saturated heterocycles. The highest BCUT2D eigenvalue weighted by Gasteiger charge is 2.08. The molecule has 0 N–H and O–H groups in total. The molecule has 1 aromatic heterocycles. The quantitative estimate of drug-likeness (QED) is 0.713. The van der Waals surface area contributed by atoms with Gasteiger partial charge in [-0.3, -0.25) is 0 Å². The minimum absolute atomic E-state index is 0.538. The van der Waals surface area contributed by atoms with Gasteiger partial charge in [0.05, 0.1) is 10.6 Å². The lowest BCUT2D eigenvalue weighted by atomic mass is 10.1. The molecule has 0 amide bonds. The second kappa shape index (κ2) is 3.88. The third-order valence-corrected chi connectivity index (χ3v) is 2.79. The van der Waals surface area contributed by atoms with Crippen LogP contribution in [0.5, 0.6) is 0 Å². The largest absolute Gasteiger partial charge is 0.246 e. The maximum Gasteiger partial charge on any atom is 0.125 e. The van der Waals surface area contributed by atoms with E-state index in [4.69, 9.17) is 16.9 Å². The van der Waals surface area contributed by atoms with Crippen LogP contribution in [0.25, 0.3) is 0 Å². The van der Waals surface area contributed by atoms with Gasteiger partial charge >= 0.3 is 0 Å². The van der Waals surface area contributed by atoms with Gasteiger partial charge in [0.25, 0.3) is 0 Å². The van der Waals surface area contributed by atoms with E-state index in [0.29, 0.717) is 15.2 Å². The van der Waals surface area contributed by atoms with Crippen molar-refractivity contribution in [3.05, 3.63) is 26.9 Å². The van der Waals surface area contributed by atoms with Gasteiger partial charge < -0.3 is 0 Å². The van der Waals surface area contributed by atoms with E-state index in [2.05, 4.69) is 20.9 Å². The summed E-state index contributed by atoms with van der Waals surface area (Å²) in [4.78, 5) is 3.92. The van der Waals surface area contributed by atoms with Crippen LogP contribution in [0.15, 0.2) is 10.8 Å². The van der Waals surface area contributed by atoms with Gasteiger partial charge in [0.1, 0.15) is 10.7 Å². The third-order valence-electron chi connectivity index (χ3n) is 1.55. The number of halogens is 2. The lowest BCUT2D eigenvalue weighted by molar-refractivity contribution is 1.09. The number of aromatic nitrogens is 1. The number of nitrogens with zero attached hydrogens (tertiary/aromatic N) is 2. The van der Waals surface area contributed by atoms with E-state index in [1.54, 1.807) is 0 Å². The summed E-state index contributed by atoms with van der Waals surface area (Å²) in [5.41, 5.74) is 1.40. The van der Waals surface area contributed by atoms with Gasteiger partial charge in [-0.05, 0) is 27.9 Å². The standard InChI is InChI=1S/C8H6BrClN2/c1-2-6-5(3-11)4-12-8(9)7(6)10/h4H,2H2,1H3. The van der Waals surface area contributed by atoms with Crippen LogP contribution >= 0.6 is 27.5 Å². The summed E-state index contributed by atoms with van der Waals surface area (Å²) < 4.78 is 0.597. The van der Waals surface area contributed by atoms with Gasteiger partial charge in [0.15, 0.2) is 0 Å². The Morgan fingerprint density at radius 2 is 2.42 bits per heavy atom. The summed E-state index contributed by atoms with van der Waals surface area (Å²) in [6.45, 7) is 1.95. The van der Waals surface area contributed by atoms with E-state index in [-0.39, 0.29) is 0 Å². The zero-order valence-corrected chi connectivity index (χ0v) is 8.78. The molecule has 2 nitrogen and oxygen atoms in total.